The molecule has 8 nitrogen and oxygen atoms in total. The third kappa shape index (κ3) is 4.18. The Morgan fingerprint density at radius 1 is 1.48 bits per heavy atom. The summed E-state index contributed by atoms with van der Waals surface area (Å²) in [7, 11) is 0.542. The highest BCUT2D eigenvalue weighted by atomic mass is 32.2. The molecular weight excluding hydrogens is 292 g/mol. The summed E-state index contributed by atoms with van der Waals surface area (Å²) in [6.07, 6.45) is 2.46. The summed E-state index contributed by atoms with van der Waals surface area (Å²) in [5.41, 5.74) is 1.04. The largest absolute Gasteiger partial charge is 0.355 e. The summed E-state index contributed by atoms with van der Waals surface area (Å²) in [5, 5.41) is 10.4. The van der Waals surface area contributed by atoms with Gasteiger partial charge in [0, 0.05) is 39.9 Å². The molecule has 2 N–H and O–H groups in total. The van der Waals surface area contributed by atoms with Crippen molar-refractivity contribution >= 4 is 16.0 Å². The minimum atomic E-state index is -3.02. The highest BCUT2D eigenvalue weighted by Crippen LogP contribution is 2.11. The lowest BCUT2D eigenvalue weighted by Gasteiger charge is -2.16. The summed E-state index contributed by atoms with van der Waals surface area (Å²) in [5.74, 6) is 0.910. The Kier molecular flexibility index (Phi) is 5.18. The van der Waals surface area contributed by atoms with Crippen molar-refractivity contribution in [3.8, 4) is 0 Å². The zero-order chi connectivity index (χ0) is 15.3. The standard InChI is InChI=1S/C12H22N6O2S/c1-13-12(15-10-11-4-5-16-17(11)2)14-6-8-18-7-3-9-21(18,19)20/h4-5H,3,6-10H2,1-2H3,(H2,13,14,15). The van der Waals surface area contributed by atoms with Crippen LogP contribution < -0.4 is 10.6 Å². The fraction of sp³-hybridized carbons (Fsp3) is 0.667. The van der Waals surface area contributed by atoms with Crippen LogP contribution in [0.25, 0.3) is 0 Å². The molecule has 0 aromatic carbocycles. The number of nitrogens with zero attached hydrogens (tertiary/aromatic N) is 4. The maximum absolute atomic E-state index is 11.7. The van der Waals surface area contributed by atoms with Crippen molar-refractivity contribution in [2.75, 3.05) is 32.4 Å². The normalized spacial score (nSPS) is 18.9. The second-order valence-electron chi connectivity index (χ2n) is 4.87. The molecule has 0 amide bonds. The molecule has 2 rings (SSSR count). The maximum Gasteiger partial charge on any atom is 0.214 e. The number of aliphatic imine (C=N–C) groups is 1. The Labute approximate surface area is 125 Å². The Hall–Kier alpha value is -1.61. The Morgan fingerprint density at radius 2 is 2.29 bits per heavy atom. The van der Waals surface area contributed by atoms with Crippen LogP contribution in [0, 0.1) is 0 Å². The van der Waals surface area contributed by atoms with Crippen LogP contribution in [0.3, 0.4) is 0 Å². The van der Waals surface area contributed by atoms with Crippen LogP contribution in [0.2, 0.25) is 0 Å². The molecule has 0 unspecified atom stereocenters. The van der Waals surface area contributed by atoms with E-state index in [2.05, 4.69) is 20.7 Å². The first-order valence-corrected chi connectivity index (χ1v) is 8.53. The van der Waals surface area contributed by atoms with Gasteiger partial charge in [0.25, 0.3) is 0 Å². The van der Waals surface area contributed by atoms with Gasteiger partial charge in [0.1, 0.15) is 0 Å². The number of nitrogens with one attached hydrogen (secondary N) is 2. The second-order valence-corrected chi connectivity index (χ2v) is 6.96. The first kappa shape index (κ1) is 15.8. The van der Waals surface area contributed by atoms with Gasteiger partial charge in [-0.05, 0) is 12.5 Å². The van der Waals surface area contributed by atoms with E-state index in [1.807, 2.05) is 13.1 Å². The summed E-state index contributed by atoms with van der Waals surface area (Å²) in [6, 6.07) is 1.93. The first-order valence-electron chi connectivity index (χ1n) is 6.92. The number of aryl methyl sites for hydroxylation is 1. The molecule has 1 fully saturated rings. The van der Waals surface area contributed by atoms with Crippen molar-refractivity contribution in [1.82, 2.24) is 24.7 Å². The van der Waals surface area contributed by atoms with Gasteiger partial charge in [-0.1, -0.05) is 0 Å². The zero-order valence-electron chi connectivity index (χ0n) is 12.4. The van der Waals surface area contributed by atoms with Crippen molar-refractivity contribution in [1.29, 1.82) is 0 Å². The topological polar surface area (TPSA) is 91.6 Å². The highest BCUT2D eigenvalue weighted by molar-refractivity contribution is 7.89. The quantitative estimate of drug-likeness (QED) is 0.544. The summed E-state index contributed by atoms with van der Waals surface area (Å²) in [6.45, 7) is 2.22. The lowest BCUT2D eigenvalue weighted by atomic mass is 10.4. The van der Waals surface area contributed by atoms with Crippen molar-refractivity contribution in [3.05, 3.63) is 18.0 Å². The number of sulfonamides is 1. The predicted molar refractivity (Wildman–Crippen MR) is 81.4 cm³/mol. The molecule has 118 valence electrons. The fourth-order valence-corrected chi connectivity index (χ4v) is 3.74. The molecule has 0 saturated carbocycles. The molecule has 1 saturated heterocycles. The fourth-order valence-electron chi connectivity index (χ4n) is 2.21. The van der Waals surface area contributed by atoms with Crippen molar-refractivity contribution in [3.63, 3.8) is 0 Å². The van der Waals surface area contributed by atoms with E-state index in [4.69, 9.17) is 0 Å². The number of aromatic nitrogens is 2. The molecule has 0 bridgehead atoms. The number of hydrogen-bond acceptors (Lipinski definition) is 4. The van der Waals surface area contributed by atoms with Gasteiger partial charge in [-0.15, -0.1) is 0 Å². The molecular formula is C12H22N6O2S. The lowest BCUT2D eigenvalue weighted by molar-refractivity contribution is 0.445. The lowest BCUT2D eigenvalue weighted by Crippen LogP contribution is -2.41. The summed E-state index contributed by atoms with van der Waals surface area (Å²) >= 11 is 0. The molecule has 1 aliphatic heterocycles. The summed E-state index contributed by atoms with van der Waals surface area (Å²) < 4.78 is 26.6. The second kappa shape index (κ2) is 6.90. The minimum absolute atomic E-state index is 0.264. The third-order valence-corrected chi connectivity index (χ3v) is 5.40. The van der Waals surface area contributed by atoms with Crippen molar-refractivity contribution < 1.29 is 8.42 Å². The SMILES string of the molecule is CN=C(NCCN1CCCS1(=O)=O)NCc1ccnn1C. The third-order valence-electron chi connectivity index (χ3n) is 3.44. The first-order chi connectivity index (χ1) is 10.0. The van der Waals surface area contributed by atoms with Crippen LogP contribution in [0.4, 0.5) is 0 Å². The van der Waals surface area contributed by atoms with E-state index in [1.54, 1.807) is 17.9 Å². The smallest absolute Gasteiger partial charge is 0.214 e. The molecule has 2 heterocycles. The molecule has 0 aliphatic carbocycles. The average Bonchev–Trinajstić information content (AvgIpc) is 3.00. The Morgan fingerprint density at radius 3 is 2.86 bits per heavy atom. The van der Waals surface area contributed by atoms with Gasteiger partial charge in [0.15, 0.2) is 5.96 Å². The number of hydrogen-bond donors (Lipinski definition) is 2. The van der Waals surface area contributed by atoms with E-state index < -0.39 is 10.0 Å². The predicted octanol–water partition coefficient (Wildman–Crippen LogP) is -0.879. The number of rotatable bonds is 5. The van der Waals surface area contributed by atoms with Crippen LogP contribution in [-0.4, -0.2) is 60.9 Å². The molecule has 0 spiro atoms. The molecule has 1 aliphatic rings. The van der Waals surface area contributed by atoms with Gasteiger partial charge < -0.3 is 10.6 Å². The minimum Gasteiger partial charge on any atom is -0.355 e. The molecule has 0 atom stereocenters. The highest BCUT2D eigenvalue weighted by Gasteiger charge is 2.27. The zero-order valence-corrected chi connectivity index (χ0v) is 13.2. The Balaban J connectivity index is 1.75. The van der Waals surface area contributed by atoms with Gasteiger partial charge in [0.2, 0.25) is 10.0 Å². The van der Waals surface area contributed by atoms with E-state index in [1.165, 1.54) is 4.31 Å². The molecule has 0 radical (unpaired) electrons. The Bertz CT molecular complexity index is 595. The molecule has 1 aromatic heterocycles. The monoisotopic (exact) mass is 314 g/mol. The van der Waals surface area contributed by atoms with E-state index >= 15 is 0 Å². The average molecular weight is 314 g/mol. The van der Waals surface area contributed by atoms with Gasteiger partial charge in [-0.25, -0.2) is 12.7 Å². The summed E-state index contributed by atoms with van der Waals surface area (Å²) in [4.78, 5) is 4.11. The number of guanidine groups is 1. The van der Waals surface area contributed by atoms with Crippen LogP contribution in [0.15, 0.2) is 17.3 Å². The van der Waals surface area contributed by atoms with Gasteiger partial charge in [-0.2, -0.15) is 5.10 Å². The van der Waals surface area contributed by atoms with Crippen molar-refractivity contribution in [2.24, 2.45) is 12.0 Å². The molecule has 9 heteroatoms. The van der Waals surface area contributed by atoms with Gasteiger partial charge in [0.05, 0.1) is 18.0 Å². The maximum atomic E-state index is 11.7. The van der Waals surface area contributed by atoms with E-state index in [-0.39, 0.29) is 5.75 Å². The van der Waals surface area contributed by atoms with Crippen LogP contribution in [0.1, 0.15) is 12.1 Å². The van der Waals surface area contributed by atoms with Crippen LogP contribution in [-0.2, 0) is 23.6 Å². The van der Waals surface area contributed by atoms with E-state index in [0.717, 1.165) is 12.1 Å². The molecule has 21 heavy (non-hydrogen) atoms. The van der Waals surface area contributed by atoms with Crippen molar-refractivity contribution in [2.45, 2.75) is 13.0 Å². The van der Waals surface area contributed by atoms with E-state index in [9.17, 15) is 8.42 Å². The van der Waals surface area contributed by atoms with E-state index in [0.29, 0.717) is 32.1 Å². The van der Waals surface area contributed by atoms with Gasteiger partial charge >= 0.3 is 0 Å². The molecule has 1 aromatic rings. The van der Waals surface area contributed by atoms with Crippen LogP contribution in [0.5, 0.6) is 0 Å². The van der Waals surface area contributed by atoms with Crippen LogP contribution >= 0.6 is 0 Å². The van der Waals surface area contributed by atoms with Gasteiger partial charge in [-0.3, -0.25) is 9.67 Å².